The molecule has 0 saturated heterocycles. The van der Waals surface area contributed by atoms with E-state index >= 15 is 0 Å². The van der Waals surface area contributed by atoms with Gasteiger partial charge in [0.25, 0.3) is 0 Å². The fourth-order valence-corrected chi connectivity index (χ4v) is 1.49. The van der Waals surface area contributed by atoms with Crippen LogP contribution in [0.3, 0.4) is 0 Å². The molecule has 0 saturated carbocycles. The van der Waals surface area contributed by atoms with Gasteiger partial charge in [-0.15, -0.1) is 0 Å². The third-order valence-electron chi connectivity index (χ3n) is 2.38. The van der Waals surface area contributed by atoms with Gasteiger partial charge in [-0.2, -0.15) is 0 Å². The number of allylic oxidation sites excluding steroid dienone is 1. The molecule has 2 nitrogen and oxygen atoms in total. The van der Waals surface area contributed by atoms with Gasteiger partial charge in [0, 0.05) is 5.56 Å². The molecule has 0 heterocycles. The van der Waals surface area contributed by atoms with E-state index in [2.05, 4.69) is 0 Å². The van der Waals surface area contributed by atoms with Crippen LogP contribution in [0.15, 0.2) is 66.7 Å². The second-order valence-electron chi connectivity index (χ2n) is 3.60. The average Bonchev–Trinajstić information content (AvgIpc) is 2.40. The first-order chi connectivity index (χ1) is 8.27. The van der Waals surface area contributed by atoms with Crippen LogP contribution in [0.4, 0.5) is 0 Å². The molecule has 0 N–H and O–H groups in total. The highest BCUT2D eigenvalue weighted by atomic mass is 16.3. The van der Waals surface area contributed by atoms with Crippen molar-refractivity contribution in [3.63, 3.8) is 0 Å². The predicted octanol–water partition coefficient (Wildman–Crippen LogP) is 2.27. The lowest BCUT2D eigenvalue weighted by atomic mass is 10.1. The van der Waals surface area contributed by atoms with Gasteiger partial charge >= 0.3 is 0 Å². The minimum Gasteiger partial charge on any atom is -0.872 e. The fraction of sp³-hybridized carbons (Fsp3) is 0. The molecular weight excluding hydrogens is 212 g/mol. The van der Waals surface area contributed by atoms with Crippen molar-refractivity contribution in [1.29, 1.82) is 0 Å². The van der Waals surface area contributed by atoms with Gasteiger partial charge in [0.1, 0.15) is 0 Å². The maximum Gasteiger partial charge on any atom is 0.185 e. The van der Waals surface area contributed by atoms with E-state index in [4.69, 9.17) is 0 Å². The summed E-state index contributed by atoms with van der Waals surface area (Å²) in [7, 11) is 0. The maximum atomic E-state index is 11.8. The number of hydrogen-bond acceptors (Lipinski definition) is 2. The van der Waals surface area contributed by atoms with Gasteiger partial charge in [-0.1, -0.05) is 66.4 Å². The lowest BCUT2D eigenvalue weighted by Crippen LogP contribution is -2.05. The van der Waals surface area contributed by atoms with Gasteiger partial charge in [-0.05, 0) is 11.6 Å². The zero-order valence-corrected chi connectivity index (χ0v) is 9.17. The van der Waals surface area contributed by atoms with Gasteiger partial charge in [-0.25, -0.2) is 0 Å². The quantitative estimate of drug-likeness (QED) is 0.455. The second-order valence-corrected chi connectivity index (χ2v) is 3.60. The summed E-state index contributed by atoms with van der Waals surface area (Å²) in [6.45, 7) is 0. The van der Waals surface area contributed by atoms with Crippen molar-refractivity contribution in [2.75, 3.05) is 0 Å². The average molecular weight is 223 g/mol. The molecule has 0 aliphatic heterocycles. The molecule has 0 aliphatic rings. The van der Waals surface area contributed by atoms with E-state index in [9.17, 15) is 9.90 Å². The zero-order valence-electron chi connectivity index (χ0n) is 9.17. The molecule has 0 aliphatic carbocycles. The Morgan fingerprint density at radius 1 is 0.824 bits per heavy atom. The van der Waals surface area contributed by atoms with E-state index < -0.39 is 0 Å². The summed E-state index contributed by atoms with van der Waals surface area (Å²) in [5.41, 5.74) is 1.05. The smallest absolute Gasteiger partial charge is 0.185 e. The Hall–Kier alpha value is -2.35. The summed E-state index contributed by atoms with van der Waals surface area (Å²) in [5.74, 6) is -0.529. The van der Waals surface area contributed by atoms with Gasteiger partial charge in [-0.3, -0.25) is 4.79 Å². The van der Waals surface area contributed by atoms with E-state index in [1.54, 1.807) is 48.5 Å². The summed E-state index contributed by atoms with van der Waals surface area (Å²) in [6, 6.07) is 17.5. The van der Waals surface area contributed by atoms with E-state index in [1.165, 1.54) is 0 Å². The van der Waals surface area contributed by atoms with E-state index in [0.29, 0.717) is 11.1 Å². The van der Waals surface area contributed by atoms with E-state index in [0.717, 1.165) is 6.08 Å². The first kappa shape index (κ1) is 11.1. The molecule has 2 rings (SSSR count). The topological polar surface area (TPSA) is 40.1 Å². The SMILES string of the molecule is O=C(C=C([O-])c1ccccc1)c1ccccc1. The molecule has 0 amide bonds. The maximum absolute atomic E-state index is 11.8. The van der Waals surface area contributed by atoms with Gasteiger partial charge in [0.05, 0.1) is 0 Å². The molecule has 2 heteroatoms. The molecule has 0 radical (unpaired) electrons. The Morgan fingerprint density at radius 3 is 1.82 bits per heavy atom. The van der Waals surface area contributed by atoms with Gasteiger partial charge in [0.2, 0.25) is 0 Å². The van der Waals surface area contributed by atoms with Crippen molar-refractivity contribution < 1.29 is 9.90 Å². The molecule has 0 aromatic heterocycles. The van der Waals surface area contributed by atoms with Crippen molar-refractivity contribution in [2.24, 2.45) is 0 Å². The minimum absolute atomic E-state index is 0.264. The van der Waals surface area contributed by atoms with Gasteiger partial charge in [0.15, 0.2) is 5.78 Å². The highest BCUT2D eigenvalue weighted by molar-refractivity contribution is 6.07. The van der Waals surface area contributed by atoms with Crippen molar-refractivity contribution in [3.8, 4) is 0 Å². The number of rotatable bonds is 3. The molecule has 84 valence electrons. The van der Waals surface area contributed by atoms with Crippen LogP contribution in [0.1, 0.15) is 15.9 Å². The Balaban J connectivity index is 2.24. The summed E-state index contributed by atoms with van der Waals surface area (Å²) in [5, 5.41) is 11.8. The van der Waals surface area contributed by atoms with Crippen LogP contribution in [0, 0.1) is 0 Å². The Morgan fingerprint density at radius 2 is 1.29 bits per heavy atom. The molecule has 2 aromatic carbocycles. The Labute approximate surface area is 99.8 Å². The monoisotopic (exact) mass is 223 g/mol. The lowest BCUT2D eigenvalue weighted by molar-refractivity contribution is -0.243. The highest BCUT2D eigenvalue weighted by Gasteiger charge is 2.00. The van der Waals surface area contributed by atoms with Crippen molar-refractivity contribution in [2.45, 2.75) is 0 Å². The number of carbonyl (C=O) groups is 1. The number of hydrogen-bond donors (Lipinski definition) is 0. The summed E-state index contributed by atoms with van der Waals surface area (Å²) < 4.78 is 0. The van der Waals surface area contributed by atoms with Crippen LogP contribution in [0.25, 0.3) is 5.76 Å². The number of benzene rings is 2. The van der Waals surface area contributed by atoms with E-state index in [-0.39, 0.29) is 11.5 Å². The molecule has 17 heavy (non-hydrogen) atoms. The Bertz CT molecular complexity index is 527. The molecule has 0 atom stereocenters. The number of ketones is 1. The molecule has 0 spiro atoms. The van der Waals surface area contributed by atoms with Crippen LogP contribution in [0.2, 0.25) is 0 Å². The lowest BCUT2D eigenvalue weighted by Gasteiger charge is -2.11. The molecule has 2 aromatic rings. The zero-order chi connectivity index (χ0) is 12.1. The van der Waals surface area contributed by atoms with Crippen LogP contribution in [-0.2, 0) is 0 Å². The molecule has 0 bridgehead atoms. The third-order valence-corrected chi connectivity index (χ3v) is 2.38. The minimum atomic E-state index is -0.264. The predicted molar refractivity (Wildman–Crippen MR) is 65.2 cm³/mol. The first-order valence-electron chi connectivity index (χ1n) is 5.31. The van der Waals surface area contributed by atoms with E-state index in [1.807, 2.05) is 12.1 Å². The van der Waals surface area contributed by atoms with Crippen LogP contribution in [-0.4, -0.2) is 5.78 Å². The van der Waals surface area contributed by atoms with Crippen LogP contribution in [0.5, 0.6) is 0 Å². The van der Waals surface area contributed by atoms with Crippen molar-refractivity contribution >= 4 is 11.5 Å². The van der Waals surface area contributed by atoms with Crippen molar-refractivity contribution in [1.82, 2.24) is 0 Å². The summed E-state index contributed by atoms with van der Waals surface area (Å²) in [6.07, 6.45) is 1.13. The third kappa shape index (κ3) is 2.82. The highest BCUT2D eigenvalue weighted by Crippen LogP contribution is 2.09. The molecule has 0 unspecified atom stereocenters. The number of carbonyl (C=O) groups excluding carboxylic acids is 1. The van der Waals surface area contributed by atoms with Crippen molar-refractivity contribution in [3.05, 3.63) is 77.9 Å². The van der Waals surface area contributed by atoms with Gasteiger partial charge < -0.3 is 5.11 Å². The second kappa shape index (κ2) is 5.12. The normalized spacial score (nSPS) is 11.2. The van der Waals surface area contributed by atoms with Crippen LogP contribution < -0.4 is 5.11 Å². The largest absolute Gasteiger partial charge is 0.872 e. The first-order valence-corrected chi connectivity index (χ1v) is 5.31. The standard InChI is InChI=1S/C15H12O2/c16-14(12-7-3-1-4-8-12)11-15(17)13-9-5-2-6-10-13/h1-11,16H/p-1. The molecule has 0 fully saturated rings. The molecular formula is C15H11O2-. The summed E-state index contributed by atoms with van der Waals surface area (Å²) in [4.78, 5) is 11.8. The van der Waals surface area contributed by atoms with Crippen LogP contribution >= 0.6 is 0 Å². The summed E-state index contributed by atoms with van der Waals surface area (Å²) >= 11 is 0. The Kier molecular flexibility index (Phi) is 3.36. The fourth-order valence-electron chi connectivity index (χ4n) is 1.49.